The van der Waals surface area contributed by atoms with Gasteiger partial charge in [0.25, 0.3) is 0 Å². The van der Waals surface area contributed by atoms with E-state index in [-0.39, 0.29) is 0 Å². The molecule has 5 heteroatoms. The largest absolute Gasteiger partial charge is 0.354 e. The second-order valence-corrected chi connectivity index (χ2v) is 6.06. The average molecular weight is 272 g/mol. The second kappa shape index (κ2) is 6.26. The first-order valence-electron chi connectivity index (χ1n) is 5.99. The van der Waals surface area contributed by atoms with Gasteiger partial charge in [-0.1, -0.05) is 24.4 Å². The standard InChI is InChI=1S/C12H18ClN3S/c1-14-12(16-9-4-2-3-5-9)15-8-10-6-7-11(13)17-10/h6-7,9H,2-5,8H2,1H3,(H2,14,15,16). The fraction of sp³-hybridized carbons (Fsp3) is 0.583. The van der Waals surface area contributed by atoms with Gasteiger partial charge >= 0.3 is 0 Å². The summed E-state index contributed by atoms with van der Waals surface area (Å²) in [5, 5.41) is 6.77. The van der Waals surface area contributed by atoms with E-state index >= 15 is 0 Å². The fourth-order valence-corrected chi connectivity index (χ4v) is 3.10. The van der Waals surface area contributed by atoms with Gasteiger partial charge < -0.3 is 10.6 Å². The lowest BCUT2D eigenvalue weighted by Gasteiger charge is -2.16. The van der Waals surface area contributed by atoms with E-state index in [0.29, 0.717) is 6.04 Å². The van der Waals surface area contributed by atoms with Crippen molar-refractivity contribution in [2.45, 2.75) is 38.3 Å². The fourth-order valence-electron chi connectivity index (χ4n) is 2.08. The lowest BCUT2D eigenvalue weighted by molar-refractivity contribution is 0.614. The van der Waals surface area contributed by atoms with Gasteiger partial charge in [-0.25, -0.2) is 0 Å². The van der Waals surface area contributed by atoms with Crippen LogP contribution in [0.3, 0.4) is 0 Å². The molecule has 0 bridgehead atoms. The third kappa shape index (κ3) is 3.89. The molecule has 0 aromatic carbocycles. The maximum atomic E-state index is 5.89. The van der Waals surface area contributed by atoms with Crippen molar-refractivity contribution in [1.82, 2.24) is 10.6 Å². The molecule has 1 aliphatic rings. The molecular weight excluding hydrogens is 254 g/mol. The van der Waals surface area contributed by atoms with Crippen molar-refractivity contribution in [2.75, 3.05) is 7.05 Å². The third-order valence-electron chi connectivity index (χ3n) is 2.98. The average Bonchev–Trinajstić information content (AvgIpc) is 2.96. The number of thiophene rings is 1. The number of rotatable bonds is 3. The molecular formula is C12H18ClN3S. The van der Waals surface area contributed by atoms with Gasteiger partial charge in [0.1, 0.15) is 0 Å². The van der Waals surface area contributed by atoms with Crippen LogP contribution in [-0.2, 0) is 6.54 Å². The molecule has 0 unspecified atom stereocenters. The molecule has 94 valence electrons. The predicted molar refractivity (Wildman–Crippen MR) is 74.9 cm³/mol. The molecule has 1 aromatic rings. The molecule has 3 nitrogen and oxygen atoms in total. The summed E-state index contributed by atoms with van der Waals surface area (Å²) >= 11 is 7.50. The highest BCUT2D eigenvalue weighted by Crippen LogP contribution is 2.21. The molecule has 2 rings (SSSR count). The highest BCUT2D eigenvalue weighted by molar-refractivity contribution is 7.16. The Balaban J connectivity index is 1.79. The van der Waals surface area contributed by atoms with Crippen LogP contribution >= 0.6 is 22.9 Å². The summed E-state index contributed by atoms with van der Waals surface area (Å²) in [7, 11) is 1.81. The Labute approximate surface area is 111 Å². The molecule has 0 radical (unpaired) electrons. The van der Waals surface area contributed by atoms with Crippen molar-refractivity contribution < 1.29 is 0 Å². The monoisotopic (exact) mass is 271 g/mol. The Morgan fingerprint density at radius 2 is 2.24 bits per heavy atom. The number of aliphatic imine (C=N–C) groups is 1. The molecule has 1 saturated carbocycles. The minimum absolute atomic E-state index is 0.591. The van der Waals surface area contributed by atoms with Crippen LogP contribution in [0.5, 0.6) is 0 Å². The van der Waals surface area contributed by atoms with E-state index in [9.17, 15) is 0 Å². The molecule has 1 fully saturated rings. The van der Waals surface area contributed by atoms with Crippen LogP contribution in [-0.4, -0.2) is 19.0 Å². The number of nitrogens with zero attached hydrogens (tertiary/aromatic N) is 1. The molecule has 17 heavy (non-hydrogen) atoms. The summed E-state index contributed by atoms with van der Waals surface area (Å²) in [4.78, 5) is 5.47. The zero-order chi connectivity index (χ0) is 12.1. The number of guanidine groups is 1. The van der Waals surface area contributed by atoms with Gasteiger partial charge in [-0.05, 0) is 25.0 Å². The van der Waals surface area contributed by atoms with Gasteiger partial charge in [0, 0.05) is 18.0 Å². The maximum absolute atomic E-state index is 5.89. The maximum Gasteiger partial charge on any atom is 0.191 e. The molecule has 0 amide bonds. The molecule has 1 aromatic heterocycles. The Morgan fingerprint density at radius 1 is 1.47 bits per heavy atom. The lowest BCUT2D eigenvalue weighted by Crippen LogP contribution is -2.41. The van der Waals surface area contributed by atoms with Crippen LogP contribution in [0, 0.1) is 0 Å². The predicted octanol–water partition coefficient (Wildman–Crippen LogP) is 3.01. The van der Waals surface area contributed by atoms with Crippen LogP contribution in [0.4, 0.5) is 0 Å². The summed E-state index contributed by atoms with van der Waals surface area (Å²) in [6.45, 7) is 0.782. The Morgan fingerprint density at radius 3 is 2.82 bits per heavy atom. The zero-order valence-corrected chi connectivity index (χ0v) is 11.6. The van der Waals surface area contributed by atoms with Crippen LogP contribution in [0.15, 0.2) is 17.1 Å². The molecule has 2 N–H and O–H groups in total. The molecule has 0 atom stereocenters. The second-order valence-electron chi connectivity index (χ2n) is 4.26. The molecule has 1 heterocycles. The minimum Gasteiger partial charge on any atom is -0.354 e. The van der Waals surface area contributed by atoms with Gasteiger partial charge in [0.05, 0.1) is 10.9 Å². The SMILES string of the molecule is CN=C(NCc1ccc(Cl)s1)NC1CCCC1. The topological polar surface area (TPSA) is 36.4 Å². The van der Waals surface area contributed by atoms with E-state index < -0.39 is 0 Å². The third-order valence-corrected chi connectivity index (χ3v) is 4.21. The smallest absolute Gasteiger partial charge is 0.191 e. The van der Waals surface area contributed by atoms with Crippen molar-refractivity contribution in [3.8, 4) is 0 Å². The van der Waals surface area contributed by atoms with Crippen LogP contribution in [0.2, 0.25) is 4.34 Å². The summed E-state index contributed by atoms with van der Waals surface area (Å²) < 4.78 is 0.834. The normalized spacial score (nSPS) is 17.4. The summed E-state index contributed by atoms with van der Waals surface area (Å²) in [6.07, 6.45) is 5.17. The summed E-state index contributed by atoms with van der Waals surface area (Å²) in [5.41, 5.74) is 0. The lowest BCUT2D eigenvalue weighted by atomic mass is 10.2. The van der Waals surface area contributed by atoms with Crippen LogP contribution in [0.25, 0.3) is 0 Å². The Kier molecular flexibility index (Phi) is 4.68. The van der Waals surface area contributed by atoms with Crippen molar-refractivity contribution in [2.24, 2.45) is 4.99 Å². The highest BCUT2D eigenvalue weighted by Gasteiger charge is 2.15. The zero-order valence-electron chi connectivity index (χ0n) is 10.0. The molecule has 0 spiro atoms. The number of nitrogens with one attached hydrogen (secondary N) is 2. The first kappa shape index (κ1) is 12.7. The minimum atomic E-state index is 0.591. The van der Waals surface area contributed by atoms with Crippen LogP contribution < -0.4 is 10.6 Å². The first-order valence-corrected chi connectivity index (χ1v) is 7.19. The summed E-state index contributed by atoms with van der Waals surface area (Å²) in [5.74, 6) is 0.890. The van der Waals surface area contributed by atoms with Crippen molar-refractivity contribution in [3.63, 3.8) is 0 Å². The Bertz CT molecular complexity index is 383. The summed E-state index contributed by atoms with van der Waals surface area (Å²) in [6, 6.07) is 4.56. The van der Waals surface area contributed by atoms with E-state index in [1.54, 1.807) is 11.3 Å². The van der Waals surface area contributed by atoms with E-state index in [4.69, 9.17) is 11.6 Å². The van der Waals surface area contributed by atoms with E-state index in [1.807, 2.05) is 19.2 Å². The number of halogens is 1. The molecule has 1 aliphatic carbocycles. The van der Waals surface area contributed by atoms with Gasteiger partial charge in [-0.15, -0.1) is 11.3 Å². The molecule has 0 aliphatic heterocycles. The van der Waals surface area contributed by atoms with Crippen LogP contribution in [0.1, 0.15) is 30.6 Å². The van der Waals surface area contributed by atoms with E-state index in [1.165, 1.54) is 30.6 Å². The molecule has 0 saturated heterocycles. The van der Waals surface area contributed by atoms with Gasteiger partial charge in [0.2, 0.25) is 0 Å². The highest BCUT2D eigenvalue weighted by atomic mass is 35.5. The van der Waals surface area contributed by atoms with Crippen molar-refractivity contribution in [3.05, 3.63) is 21.3 Å². The van der Waals surface area contributed by atoms with Gasteiger partial charge in [0.15, 0.2) is 5.96 Å². The van der Waals surface area contributed by atoms with E-state index in [2.05, 4.69) is 15.6 Å². The van der Waals surface area contributed by atoms with Crippen molar-refractivity contribution >= 4 is 28.9 Å². The van der Waals surface area contributed by atoms with E-state index in [0.717, 1.165) is 16.8 Å². The van der Waals surface area contributed by atoms with Gasteiger partial charge in [-0.2, -0.15) is 0 Å². The number of hydrogen-bond donors (Lipinski definition) is 2. The Hall–Kier alpha value is -0.740. The van der Waals surface area contributed by atoms with Gasteiger partial charge in [-0.3, -0.25) is 4.99 Å². The first-order chi connectivity index (χ1) is 8.28. The quantitative estimate of drug-likeness (QED) is 0.655. The number of hydrogen-bond acceptors (Lipinski definition) is 2. The van der Waals surface area contributed by atoms with Crippen molar-refractivity contribution in [1.29, 1.82) is 0 Å².